The van der Waals surface area contributed by atoms with Crippen LogP contribution in [-0.2, 0) is 11.3 Å². The molecule has 122 valence electrons. The minimum atomic E-state index is -0.603. The normalized spacial score (nSPS) is 10.4. The van der Waals surface area contributed by atoms with Crippen molar-refractivity contribution in [2.75, 3.05) is 25.8 Å². The van der Waals surface area contributed by atoms with Crippen LogP contribution in [0.1, 0.15) is 11.1 Å². The standard InChI is InChI=1S/C18H19FNO3/c1-13(11-22-3)15-9-16(19)18(17(10-15)20(2)21)23-12-14-7-5-4-6-8-14/h4-10H,1,11-12H2,2-3H3/q-1. The predicted octanol–water partition coefficient (Wildman–Crippen LogP) is 4.00. The first-order valence-electron chi connectivity index (χ1n) is 7.11. The number of halogens is 1. The van der Waals surface area contributed by atoms with Gasteiger partial charge in [0, 0.05) is 7.11 Å². The van der Waals surface area contributed by atoms with Crippen molar-refractivity contribution in [2.45, 2.75) is 6.61 Å². The van der Waals surface area contributed by atoms with Crippen molar-refractivity contribution >= 4 is 11.3 Å². The van der Waals surface area contributed by atoms with Crippen molar-refractivity contribution in [3.05, 3.63) is 71.2 Å². The summed E-state index contributed by atoms with van der Waals surface area (Å²) in [6, 6.07) is 12.2. The van der Waals surface area contributed by atoms with Crippen molar-refractivity contribution in [3.8, 4) is 5.75 Å². The van der Waals surface area contributed by atoms with Crippen LogP contribution in [0.5, 0.6) is 5.75 Å². The third-order valence-electron chi connectivity index (χ3n) is 3.32. The molecule has 0 amide bonds. The van der Waals surface area contributed by atoms with Gasteiger partial charge in [-0.15, -0.1) is 0 Å². The van der Waals surface area contributed by atoms with Crippen LogP contribution in [-0.4, -0.2) is 20.8 Å². The summed E-state index contributed by atoms with van der Waals surface area (Å²) in [5.74, 6) is -0.672. The Bertz CT molecular complexity index is 671. The molecule has 0 heterocycles. The summed E-state index contributed by atoms with van der Waals surface area (Å²) in [5.41, 5.74) is 2.10. The van der Waals surface area contributed by atoms with E-state index >= 15 is 0 Å². The number of rotatable bonds is 7. The van der Waals surface area contributed by atoms with Gasteiger partial charge in [-0.2, -0.15) is 0 Å². The van der Waals surface area contributed by atoms with Crippen LogP contribution in [0.3, 0.4) is 0 Å². The molecule has 0 bridgehead atoms. The molecule has 0 saturated carbocycles. The molecular weight excluding hydrogens is 297 g/mol. The second-order valence-corrected chi connectivity index (χ2v) is 5.11. The average Bonchev–Trinajstić information content (AvgIpc) is 2.54. The number of methoxy groups -OCH3 is 1. The Morgan fingerprint density at radius 3 is 2.57 bits per heavy atom. The number of hydroxylamine groups is 1. The summed E-state index contributed by atoms with van der Waals surface area (Å²) in [5, 5.41) is 12.3. The van der Waals surface area contributed by atoms with E-state index in [1.165, 1.54) is 20.2 Å². The van der Waals surface area contributed by atoms with Gasteiger partial charge in [0.05, 0.1) is 12.3 Å². The number of ether oxygens (including phenoxy) is 2. The van der Waals surface area contributed by atoms with Gasteiger partial charge in [0.25, 0.3) is 0 Å². The van der Waals surface area contributed by atoms with Crippen molar-refractivity contribution < 1.29 is 13.9 Å². The maximum absolute atomic E-state index is 14.4. The van der Waals surface area contributed by atoms with Gasteiger partial charge in [0.15, 0.2) is 11.6 Å². The summed E-state index contributed by atoms with van der Waals surface area (Å²) in [7, 11) is 2.83. The summed E-state index contributed by atoms with van der Waals surface area (Å²) in [6.07, 6.45) is 0. The maximum atomic E-state index is 14.4. The van der Waals surface area contributed by atoms with Gasteiger partial charge >= 0.3 is 0 Å². The Labute approximate surface area is 135 Å². The molecule has 4 nitrogen and oxygen atoms in total. The summed E-state index contributed by atoms with van der Waals surface area (Å²) in [6.45, 7) is 4.26. The zero-order valence-electron chi connectivity index (χ0n) is 13.2. The SMILES string of the molecule is C=C(COC)c1cc(F)c(OCc2ccccc2)c(N(C)[O-])c1. The lowest BCUT2D eigenvalue weighted by Gasteiger charge is -2.28. The van der Waals surface area contributed by atoms with E-state index in [0.29, 0.717) is 16.2 Å². The lowest BCUT2D eigenvalue weighted by atomic mass is 10.1. The van der Waals surface area contributed by atoms with Gasteiger partial charge in [-0.3, -0.25) is 0 Å². The van der Waals surface area contributed by atoms with E-state index in [0.717, 1.165) is 5.56 Å². The quantitative estimate of drug-likeness (QED) is 0.724. The molecule has 0 aliphatic rings. The molecule has 0 N–H and O–H groups in total. The average molecular weight is 316 g/mol. The third kappa shape index (κ3) is 4.31. The Kier molecular flexibility index (Phi) is 5.73. The fraction of sp³-hybridized carbons (Fsp3) is 0.222. The largest absolute Gasteiger partial charge is 0.758 e. The Balaban J connectivity index is 2.29. The Morgan fingerprint density at radius 2 is 1.96 bits per heavy atom. The summed E-state index contributed by atoms with van der Waals surface area (Å²) < 4.78 is 24.9. The van der Waals surface area contributed by atoms with Crippen LogP contribution in [0, 0.1) is 11.0 Å². The van der Waals surface area contributed by atoms with Crippen LogP contribution in [0.25, 0.3) is 5.57 Å². The van der Waals surface area contributed by atoms with E-state index in [4.69, 9.17) is 9.47 Å². The first-order chi connectivity index (χ1) is 11.0. The zero-order chi connectivity index (χ0) is 16.8. The molecule has 0 saturated heterocycles. The number of hydrogen-bond donors (Lipinski definition) is 0. The van der Waals surface area contributed by atoms with E-state index in [1.54, 1.807) is 6.07 Å². The van der Waals surface area contributed by atoms with Crippen molar-refractivity contribution in [1.82, 2.24) is 0 Å². The van der Waals surface area contributed by atoms with Crippen molar-refractivity contribution in [1.29, 1.82) is 0 Å². The Hall–Kier alpha value is -2.37. The number of benzene rings is 2. The van der Waals surface area contributed by atoms with Gasteiger partial charge in [-0.05, 0) is 35.9 Å². The highest BCUT2D eigenvalue weighted by molar-refractivity contribution is 5.72. The van der Waals surface area contributed by atoms with E-state index < -0.39 is 5.82 Å². The van der Waals surface area contributed by atoms with Gasteiger partial charge < -0.3 is 19.7 Å². The molecule has 0 spiro atoms. The fourth-order valence-corrected chi connectivity index (χ4v) is 2.15. The number of nitrogens with zero attached hydrogens (tertiary/aromatic N) is 1. The van der Waals surface area contributed by atoms with E-state index in [9.17, 15) is 9.60 Å². The van der Waals surface area contributed by atoms with Crippen molar-refractivity contribution in [2.24, 2.45) is 0 Å². The highest BCUT2D eigenvalue weighted by Gasteiger charge is 2.14. The predicted molar refractivity (Wildman–Crippen MR) is 89.9 cm³/mol. The molecule has 23 heavy (non-hydrogen) atoms. The molecule has 0 unspecified atom stereocenters. The van der Waals surface area contributed by atoms with Gasteiger partial charge in [-0.25, -0.2) is 4.39 Å². The Morgan fingerprint density at radius 1 is 1.26 bits per heavy atom. The van der Waals surface area contributed by atoms with E-state index in [-0.39, 0.29) is 24.7 Å². The van der Waals surface area contributed by atoms with Crippen LogP contribution in [0.4, 0.5) is 10.1 Å². The summed E-state index contributed by atoms with van der Waals surface area (Å²) >= 11 is 0. The molecule has 0 aliphatic heterocycles. The summed E-state index contributed by atoms with van der Waals surface area (Å²) in [4.78, 5) is 0. The molecule has 2 aromatic carbocycles. The minimum Gasteiger partial charge on any atom is -0.758 e. The van der Waals surface area contributed by atoms with Gasteiger partial charge in [0.2, 0.25) is 0 Å². The van der Waals surface area contributed by atoms with E-state index in [1.807, 2.05) is 30.3 Å². The molecule has 0 radical (unpaired) electrons. The second kappa shape index (κ2) is 7.76. The molecular formula is C18H19FNO3-. The lowest BCUT2D eigenvalue weighted by molar-refractivity contribution is 0.240. The van der Waals surface area contributed by atoms with Crippen molar-refractivity contribution in [3.63, 3.8) is 0 Å². The molecule has 0 atom stereocenters. The number of hydrogen-bond acceptors (Lipinski definition) is 4. The van der Waals surface area contributed by atoms with Crippen LogP contribution >= 0.6 is 0 Å². The maximum Gasteiger partial charge on any atom is 0.177 e. The molecule has 0 aliphatic carbocycles. The highest BCUT2D eigenvalue weighted by Crippen LogP contribution is 2.34. The van der Waals surface area contributed by atoms with Gasteiger partial charge in [0.1, 0.15) is 6.61 Å². The fourth-order valence-electron chi connectivity index (χ4n) is 2.15. The van der Waals surface area contributed by atoms with Crippen LogP contribution in [0.15, 0.2) is 49.0 Å². The second-order valence-electron chi connectivity index (χ2n) is 5.11. The molecule has 2 rings (SSSR count). The molecule has 2 aromatic rings. The first kappa shape index (κ1) is 17.0. The monoisotopic (exact) mass is 316 g/mol. The topological polar surface area (TPSA) is 44.8 Å². The van der Waals surface area contributed by atoms with E-state index in [2.05, 4.69) is 6.58 Å². The highest BCUT2D eigenvalue weighted by atomic mass is 19.1. The molecule has 0 aromatic heterocycles. The first-order valence-corrected chi connectivity index (χ1v) is 7.11. The number of anilines is 1. The zero-order valence-corrected chi connectivity index (χ0v) is 13.2. The van der Waals surface area contributed by atoms with Gasteiger partial charge in [-0.1, -0.05) is 36.9 Å². The third-order valence-corrected chi connectivity index (χ3v) is 3.32. The smallest absolute Gasteiger partial charge is 0.177 e. The molecule has 0 fully saturated rings. The molecule has 5 heteroatoms. The van der Waals surface area contributed by atoms with Crippen LogP contribution < -0.4 is 9.80 Å². The lowest BCUT2D eigenvalue weighted by Crippen LogP contribution is -2.11. The minimum absolute atomic E-state index is 0.0691. The van der Waals surface area contributed by atoms with Crippen LogP contribution in [0.2, 0.25) is 0 Å².